The zero-order valence-electron chi connectivity index (χ0n) is 16.7. The number of amides is 2. The van der Waals surface area contributed by atoms with Crippen molar-refractivity contribution in [2.45, 2.75) is 58.5 Å². The predicted molar refractivity (Wildman–Crippen MR) is 110 cm³/mol. The number of nitrogens with zero attached hydrogens (tertiary/aromatic N) is 4. The molecule has 6 heteroatoms. The summed E-state index contributed by atoms with van der Waals surface area (Å²) in [5, 5.41) is 0. The molecule has 1 aliphatic heterocycles. The second-order valence-electron chi connectivity index (χ2n) is 7.43. The van der Waals surface area contributed by atoms with E-state index in [0.717, 1.165) is 56.4 Å². The number of carbonyl (C=O) groups is 2. The number of imidazole rings is 1. The Hall–Kier alpha value is -2.63. The molecule has 0 aliphatic carbocycles. The fourth-order valence-corrected chi connectivity index (χ4v) is 3.76. The van der Waals surface area contributed by atoms with Gasteiger partial charge in [-0.2, -0.15) is 0 Å². The fraction of sp³-hybridized carbons (Fsp3) is 0.500. The van der Waals surface area contributed by atoms with Crippen molar-refractivity contribution in [3.05, 3.63) is 48.5 Å². The van der Waals surface area contributed by atoms with Gasteiger partial charge in [0.05, 0.1) is 6.33 Å². The lowest BCUT2D eigenvalue weighted by atomic mass is 10.1. The van der Waals surface area contributed by atoms with Gasteiger partial charge < -0.3 is 14.4 Å². The number of para-hydroxylation sites is 1. The SMILES string of the molecule is CC(=O)N1CCCCCCCN(C(=O)CCn2ccnc2)Cc2ccccc21. The van der Waals surface area contributed by atoms with Crippen LogP contribution in [-0.2, 0) is 22.7 Å². The van der Waals surface area contributed by atoms with E-state index in [0.29, 0.717) is 19.5 Å². The van der Waals surface area contributed by atoms with Crippen molar-refractivity contribution in [3.63, 3.8) is 0 Å². The Morgan fingerprint density at radius 3 is 2.54 bits per heavy atom. The molecule has 150 valence electrons. The first kappa shape index (κ1) is 20.1. The highest BCUT2D eigenvalue weighted by molar-refractivity contribution is 5.92. The van der Waals surface area contributed by atoms with Gasteiger partial charge in [-0.1, -0.05) is 37.5 Å². The lowest BCUT2D eigenvalue weighted by Crippen LogP contribution is -2.35. The van der Waals surface area contributed by atoms with Gasteiger partial charge in [0.2, 0.25) is 11.8 Å². The van der Waals surface area contributed by atoms with E-state index in [-0.39, 0.29) is 11.8 Å². The molecule has 2 aromatic rings. The fourth-order valence-electron chi connectivity index (χ4n) is 3.76. The van der Waals surface area contributed by atoms with Gasteiger partial charge in [0, 0.05) is 57.6 Å². The van der Waals surface area contributed by atoms with Crippen molar-refractivity contribution >= 4 is 17.5 Å². The predicted octanol–water partition coefficient (Wildman–Crippen LogP) is 3.62. The maximum Gasteiger partial charge on any atom is 0.224 e. The van der Waals surface area contributed by atoms with Crippen LogP contribution in [0, 0.1) is 0 Å². The molecular weight excluding hydrogens is 352 g/mol. The Morgan fingerprint density at radius 1 is 1.04 bits per heavy atom. The first-order valence-electron chi connectivity index (χ1n) is 10.2. The molecule has 1 aromatic carbocycles. The highest BCUT2D eigenvalue weighted by atomic mass is 16.2. The molecule has 6 nitrogen and oxygen atoms in total. The second kappa shape index (κ2) is 10.1. The van der Waals surface area contributed by atoms with E-state index in [1.165, 1.54) is 0 Å². The smallest absolute Gasteiger partial charge is 0.224 e. The molecule has 1 aliphatic rings. The van der Waals surface area contributed by atoms with Gasteiger partial charge in [-0.05, 0) is 24.5 Å². The number of anilines is 1. The van der Waals surface area contributed by atoms with Gasteiger partial charge in [0.15, 0.2) is 0 Å². The van der Waals surface area contributed by atoms with Crippen LogP contribution in [0.1, 0.15) is 51.0 Å². The summed E-state index contributed by atoms with van der Waals surface area (Å²) in [6.45, 7) is 4.30. The summed E-state index contributed by atoms with van der Waals surface area (Å²) in [6, 6.07) is 7.98. The normalized spacial score (nSPS) is 16.0. The number of carbonyl (C=O) groups excluding carboxylic acids is 2. The average molecular weight is 383 g/mol. The summed E-state index contributed by atoms with van der Waals surface area (Å²) < 4.78 is 1.93. The minimum atomic E-state index is 0.0579. The van der Waals surface area contributed by atoms with E-state index in [9.17, 15) is 9.59 Å². The topological polar surface area (TPSA) is 58.4 Å². The number of rotatable bonds is 3. The maximum atomic E-state index is 12.9. The van der Waals surface area contributed by atoms with Gasteiger partial charge in [-0.25, -0.2) is 4.98 Å². The Morgan fingerprint density at radius 2 is 1.79 bits per heavy atom. The molecule has 0 bridgehead atoms. The molecule has 28 heavy (non-hydrogen) atoms. The third-order valence-electron chi connectivity index (χ3n) is 5.33. The van der Waals surface area contributed by atoms with Crippen molar-refractivity contribution in [2.24, 2.45) is 0 Å². The number of hydrogen-bond donors (Lipinski definition) is 0. The number of aromatic nitrogens is 2. The van der Waals surface area contributed by atoms with Crippen molar-refractivity contribution in [1.29, 1.82) is 0 Å². The van der Waals surface area contributed by atoms with Crippen LogP contribution < -0.4 is 4.90 Å². The third kappa shape index (κ3) is 5.44. The zero-order valence-corrected chi connectivity index (χ0v) is 16.7. The van der Waals surface area contributed by atoms with E-state index < -0.39 is 0 Å². The van der Waals surface area contributed by atoms with E-state index in [1.807, 2.05) is 44.8 Å². The molecule has 1 aromatic heterocycles. The van der Waals surface area contributed by atoms with Crippen LogP contribution >= 0.6 is 0 Å². The number of fused-ring (bicyclic) bond motifs is 1. The molecule has 2 heterocycles. The molecule has 0 N–H and O–H groups in total. The Balaban J connectivity index is 1.79. The van der Waals surface area contributed by atoms with Gasteiger partial charge in [-0.3, -0.25) is 9.59 Å². The molecule has 0 saturated heterocycles. The monoisotopic (exact) mass is 382 g/mol. The summed E-state index contributed by atoms with van der Waals surface area (Å²) in [5.41, 5.74) is 1.97. The molecular formula is C22H30N4O2. The Labute approximate surface area is 167 Å². The molecule has 0 atom stereocenters. The highest BCUT2D eigenvalue weighted by Crippen LogP contribution is 2.24. The summed E-state index contributed by atoms with van der Waals surface area (Å²) in [4.78, 5) is 33.1. The van der Waals surface area contributed by atoms with Crippen LogP contribution in [0.5, 0.6) is 0 Å². The van der Waals surface area contributed by atoms with E-state index in [1.54, 1.807) is 19.4 Å². The van der Waals surface area contributed by atoms with E-state index in [2.05, 4.69) is 4.98 Å². The molecule has 2 amide bonds. The minimum Gasteiger partial charge on any atom is -0.338 e. The number of benzene rings is 1. The van der Waals surface area contributed by atoms with Crippen LogP contribution in [0.15, 0.2) is 43.0 Å². The molecule has 0 saturated carbocycles. The molecule has 0 spiro atoms. The Kier molecular flexibility index (Phi) is 7.23. The highest BCUT2D eigenvalue weighted by Gasteiger charge is 2.20. The number of aryl methyl sites for hydroxylation is 1. The molecule has 0 radical (unpaired) electrons. The molecule has 0 fully saturated rings. The van der Waals surface area contributed by atoms with Crippen molar-refractivity contribution in [1.82, 2.24) is 14.5 Å². The van der Waals surface area contributed by atoms with Crippen LogP contribution in [-0.4, -0.2) is 39.4 Å². The summed E-state index contributed by atoms with van der Waals surface area (Å²) in [6.07, 6.45) is 11.2. The van der Waals surface area contributed by atoms with Crippen molar-refractivity contribution in [2.75, 3.05) is 18.0 Å². The standard InChI is InChI=1S/C22H30N4O2/c1-19(27)26-14-8-4-2-3-7-13-25(17-20-9-5-6-10-21(20)26)22(28)11-15-24-16-12-23-18-24/h5-6,9-10,12,16,18H,2-4,7-8,11,13-15,17H2,1H3. The number of hydrogen-bond acceptors (Lipinski definition) is 3. The van der Waals surface area contributed by atoms with Gasteiger partial charge in [-0.15, -0.1) is 0 Å². The zero-order chi connectivity index (χ0) is 19.8. The second-order valence-corrected chi connectivity index (χ2v) is 7.43. The summed E-state index contributed by atoms with van der Waals surface area (Å²) in [5.74, 6) is 0.206. The maximum absolute atomic E-state index is 12.9. The average Bonchev–Trinajstić information content (AvgIpc) is 3.20. The van der Waals surface area contributed by atoms with Crippen LogP contribution in [0.25, 0.3) is 0 Å². The van der Waals surface area contributed by atoms with E-state index in [4.69, 9.17) is 0 Å². The molecule has 0 unspecified atom stereocenters. The van der Waals surface area contributed by atoms with Crippen molar-refractivity contribution < 1.29 is 9.59 Å². The quantitative estimate of drug-likeness (QED) is 0.815. The van der Waals surface area contributed by atoms with Gasteiger partial charge in [0.25, 0.3) is 0 Å². The first-order chi connectivity index (χ1) is 13.6. The molecule has 3 rings (SSSR count). The van der Waals surface area contributed by atoms with E-state index >= 15 is 0 Å². The summed E-state index contributed by atoms with van der Waals surface area (Å²) >= 11 is 0. The van der Waals surface area contributed by atoms with Crippen LogP contribution in [0.4, 0.5) is 5.69 Å². The van der Waals surface area contributed by atoms with Crippen LogP contribution in [0.3, 0.4) is 0 Å². The summed E-state index contributed by atoms with van der Waals surface area (Å²) in [7, 11) is 0. The third-order valence-corrected chi connectivity index (χ3v) is 5.33. The van der Waals surface area contributed by atoms with Crippen LogP contribution in [0.2, 0.25) is 0 Å². The van der Waals surface area contributed by atoms with Crippen molar-refractivity contribution in [3.8, 4) is 0 Å². The van der Waals surface area contributed by atoms with Gasteiger partial charge >= 0.3 is 0 Å². The lowest BCUT2D eigenvalue weighted by molar-refractivity contribution is -0.132. The van der Waals surface area contributed by atoms with Gasteiger partial charge in [0.1, 0.15) is 0 Å². The Bertz CT molecular complexity index is 773. The minimum absolute atomic E-state index is 0.0579. The first-order valence-corrected chi connectivity index (χ1v) is 10.2. The lowest BCUT2D eigenvalue weighted by Gasteiger charge is -2.29. The largest absolute Gasteiger partial charge is 0.338 e.